The van der Waals surface area contributed by atoms with E-state index in [0.29, 0.717) is 16.3 Å². The quantitative estimate of drug-likeness (QED) is 0.583. The Labute approximate surface area is 137 Å². The van der Waals surface area contributed by atoms with Crippen LogP contribution in [0.25, 0.3) is 11.1 Å². The molecule has 0 aliphatic heterocycles. The second-order valence-electron chi connectivity index (χ2n) is 4.49. The summed E-state index contributed by atoms with van der Waals surface area (Å²) in [5, 5.41) is 38.6. The summed E-state index contributed by atoms with van der Waals surface area (Å²) in [7, 11) is 0. The number of nitrogen functional groups attached to an aromatic ring is 1. The van der Waals surface area contributed by atoms with Gasteiger partial charge >= 0.3 is 0 Å². The molecular weight excluding hydrogens is 312 g/mol. The fraction of sp³-hybridized carbons (Fsp3) is 0.0625. The number of benzene rings is 1. The SMILES string of the molecule is C=CCSc1nc(N)c(C#N)c(-c2cc(O)cc(O)c2)c1C#N. The first kappa shape index (κ1) is 16.2. The molecule has 0 fully saturated rings. The van der Waals surface area contributed by atoms with Crippen LogP contribution in [0.1, 0.15) is 11.1 Å². The van der Waals surface area contributed by atoms with Gasteiger partial charge in [-0.3, -0.25) is 0 Å². The van der Waals surface area contributed by atoms with Crippen LogP contribution in [0.4, 0.5) is 5.82 Å². The lowest BCUT2D eigenvalue weighted by Crippen LogP contribution is -2.03. The second kappa shape index (κ2) is 6.73. The van der Waals surface area contributed by atoms with Crippen LogP contribution in [0.5, 0.6) is 11.5 Å². The number of nitrogens with zero attached hydrogens (tertiary/aromatic N) is 3. The van der Waals surface area contributed by atoms with Gasteiger partial charge in [0.2, 0.25) is 0 Å². The fourth-order valence-corrected chi connectivity index (χ4v) is 2.80. The summed E-state index contributed by atoms with van der Waals surface area (Å²) < 4.78 is 0. The van der Waals surface area contributed by atoms with Crippen LogP contribution >= 0.6 is 11.8 Å². The molecule has 1 aromatic carbocycles. The Morgan fingerprint density at radius 3 is 2.30 bits per heavy atom. The third kappa shape index (κ3) is 3.20. The van der Waals surface area contributed by atoms with Gasteiger partial charge in [0.15, 0.2) is 0 Å². The van der Waals surface area contributed by atoms with Crippen LogP contribution in [-0.2, 0) is 0 Å². The van der Waals surface area contributed by atoms with Crippen molar-refractivity contribution in [3.63, 3.8) is 0 Å². The summed E-state index contributed by atoms with van der Waals surface area (Å²) in [6, 6.07) is 7.80. The fourth-order valence-electron chi connectivity index (χ4n) is 2.07. The maximum atomic E-state index is 9.67. The molecule has 7 heteroatoms. The molecule has 0 saturated heterocycles. The van der Waals surface area contributed by atoms with Crippen LogP contribution in [-0.4, -0.2) is 20.9 Å². The van der Waals surface area contributed by atoms with Crippen molar-refractivity contribution in [2.45, 2.75) is 5.03 Å². The third-order valence-corrected chi connectivity index (χ3v) is 3.92. The Kier molecular flexibility index (Phi) is 4.75. The zero-order valence-corrected chi connectivity index (χ0v) is 12.8. The minimum absolute atomic E-state index is 0.0177. The molecule has 0 unspecified atom stereocenters. The van der Waals surface area contributed by atoms with Crippen molar-refractivity contribution in [1.29, 1.82) is 10.5 Å². The van der Waals surface area contributed by atoms with E-state index in [9.17, 15) is 20.7 Å². The lowest BCUT2D eigenvalue weighted by Gasteiger charge is -2.13. The van der Waals surface area contributed by atoms with E-state index in [4.69, 9.17) is 5.73 Å². The van der Waals surface area contributed by atoms with Crippen molar-refractivity contribution in [1.82, 2.24) is 4.98 Å². The van der Waals surface area contributed by atoms with E-state index in [-0.39, 0.29) is 34.0 Å². The number of rotatable bonds is 4. The molecule has 0 spiro atoms. The van der Waals surface area contributed by atoms with E-state index < -0.39 is 0 Å². The predicted molar refractivity (Wildman–Crippen MR) is 87.8 cm³/mol. The van der Waals surface area contributed by atoms with Crippen LogP contribution in [0, 0.1) is 22.7 Å². The normalized spacial score (nSPS) is 9.83. The number of thioether (sulfide) groups is 1. The Hall–Kier alpha value is -3.16. The maximum absolute atomic E-state index is 9.67. The molecule has 0 saturated carbocycles. The first-order valence-corrected chi connectivity index (χ1v) is 7.41. The van der Waals surface area contributed by atoms with Gasteiger partial charge in [0, 0.05) is 17.4 Å². The molecule has 2 rings (SSSR count). The molecule has 0 aliphatic carbocycles. The van der Waals surface area contributed by atoms with Gasteiger partial charge in [0.05, 0.1) is 5.56 Å². The molecule has 4 N–H and O–H groups in total. The van der Waals surface area contributed by atoms with Crippen molar-refractivity contribution in [2.75, 3.05) is 11.5 Å². The van der Waals surface area contributed by atoms with E-state index in [2.05, 4.69) is 11.6 Å². The molecule has 0 amide bonds. The first-order valence-electron chi connectivity index (χ1n) is 6.42. The molecule has 6 nitrogen and oxygen atoms in total. The molecule has 0 aliphatic rings. The van der Waals surface area contributed by atoms with Crippen LogP contribution in [0.3, 0.4) is 0 Å². The summed E-state index contributed by atoms with van der Waals surface area (Å²) in [5.41, 5.74) is 6.56. The number of pyridine rings is 1. The Balaban J connectivity index is 2.83. The van der Waals surface area contributed by atoms with Gasteiger partial charge < -0.3 is 15.9 Å². The van der Waals surface area contributed by atoms with E-state index in [1.165, 1.54) is 23.9 Å². The lowest BCUT2D eigenvalue weighted by molar-refractivity contribution is 0.451. The average Bonchev–Trinajstić information content (AvgIpc) is 2.51. The number of hydrogen-bond donors (Lipinski definition) is 3. The van der Waals surface area contributed by atoms with Crippen molar-refractivity contribution in [3.05, 3.63) is 42.0 Å². The molecule has 23 heavy (non-hydrogen) atoms. The number of hydrogen-bond acceptors (Lipinski definition) is 7. The zero-order chi connectivity index (χ0) is 17.0. The molecule has 0 bridgehead atoms. The number of aromatic nitrogens is 1. The number of aromatic hydroxyl groups is 2. The number of nitriles is 2. The van der Waals surface area contributed by atoms with Crippen LogP contribution in [0.15, 0.2) is 35.9 Å². The molecule has 1 heterocycles. The standard InChI is InChI=1S/C16H12N4O2S/c1-2-3-23-16-13(8-18)14(12(7-17)15(19)20-16)9-4-10(21)6-11(22)5-9/h2,4-6,21-22H,1,3H2,(H2,19,20). The highest BCUT2D eigenvalue weighted by Gasteiger charge is 2.21. The Morgan fingerprint density at radius 1 is 1.17 bits per heavy atom. The monoisotopic (exact) mass is 324 g/mol. The summed E-state index contributed by atoms with van der Waals surface area (Å²) in [6.45, 7) is 3.61. The van der Waals surface area contributed by atoms with Gasteiger partial charge in [-0.2, -0.15) is 10.5 Å². The van der Waals surface area contributed by atoms with Crippen molar-refractivity contribution < 1.29 is 10.2 Å². The van der Waals surface area contributed by atoms with Crippen LogP contribution < -0.4 is 5.73 Å². The van der Waals surface area contributed by atoms with Crippen molar-refractivity contribution in [2.24, 2.45) is 0 Å². The van der Waals surface area contributed by atoms with E-state index >= 15 is 0 Å². The van der Waals surface area contributed by atoms with Gasteiger partial charge in [-0.25, -0.2) is 4.98 Å². The van der Waals surface area contributed by atoms with E-state index in [0.717, 1.165) is 6.07 Å². The molecular formula is C16H12N4O2S. The first-order chi connectivity index (χ1) is 11.0. The van der Waals surface area contributed by atoms with Gasteiger partial charge in [0.1, 0.15) is 40.0 Å². The van der Waals surface area contributed by atoms with Gasteiger partial charge in [-0.1, -0.05) is 6.08 Å². The molecule has 114 valence electrons. The molecule has 1 aromatic heterocycles. The minimum Gasteiger partial charge on any atom is -0.508 e. The average molecular weight is 324 g/mol. The van der Waals surface area contributed by atoms with Crippen LogP contribution in [0.2, 0.25) is 0 Å². The Bertz CT molecular complexity index is 846. The van der Waals surface area contributed by atoms with Gasteiger partial charge in [-0.05, 0) is 17.7 Å². The summed E-state index contributed by atoms with van der Waals surface area (Å²) in [4.78, 5) is 4.11. The largest absolute Gasteiger partial charge is 0.508 e. The lowest BCUT2D eigenvalue weighted by atomic mass is 9.96. The van der Waals surface area contributed by atoms with E-state index in [1.54, 1.807) is 6.08 Å². The highest BCUT2D eigenvalue weighted by Crippen LogP contribution is 2.38. The highest BCUT2D eigenvalue weighted by atomic mass is 32.2. The zero-order valence-electron chi connectivity index (χ0n) is 11.9. The van der Waals surface area contributed by atoms with Gasteiger partial charge in [-0.15, -0.1) is 18.3 Å². The predicted octanol–water partition coefficient (Wildman–Crippen LogP) is 2.76. The number of nitrogens with two attached hydrogens (primary N) is 1. The summed E-state index contributed by atoms with van der Waals surface area (Å²) in [5.74, 6) is 0.111. The number of phenols is 2. The summed E-state index contributed by atoms with van der Waals surface area (Å²) in [6.07, 6.45) is 1.65. The number of phenolic OH excluding ortho intramolecular Hbond substituents is 2. The van der Waals surface area contributed by atoms with Crippen molar-refractivity contribution >= 4 is 17.6 Å². The van der Waals surface area contributed by atoms with Gasteiger partial charge in [0.25, 0.3) is 0 Å². The highest BCUT2D eigenvalue weighted by molar-refractivity contribution is 7.99. The molecule has 0 atom stereocenters. The smallest absolute Gasteiger partial charge is 0.143 e. The second-order valence-corrected chi connectivity index (χ2v) is 5.50. The summed E-state index contributed by atoms with van der Waals surface area (Å²) >= 11 is 1.26. The van der Waals surface area contributed by atoms with Crippen molar-refractivity contribution in [3.8, 4) is 34.8 Å². The Morgan fingerprint density at radius 2 is 1.78 bits per heavy atom. The minimum atomic E-state index is -0.191. The molecule has 2 aromatic rings. The van der Waals surface area contributed by atoms with E-state index in [1.807, 2.05) is 12.1 Å². The molecule has 0 radical (unpaired) electrons. The number of anilines is 1. The third-order valence-electron chi connectivity index (χ3n) is 2.94. The topological polar surface area (TPSA) is 127 Å². The maximum Gasteiger partial charge on any atom is 0.143 e.